The lowest BCUT2D eigenvalue weighted by Gasteiger charge is -2.15. The number of aliphatic carboxylic acids is 1. The van der Waals surface area contributed by atoms with Crippen LogP contribution < -0.4 is 10.9 Å². The van der Waals surface area contributed by atoms with E-state index in [9.17, 15) is 23.6 Å². The van der Waals surface area contributed by atoms with Crippen molar-refractivity contribution < 1.29 is 23.9 Å². The molecule has 1 amide bonds. The lowest BCUT2D eigenvalue weighted by molar-refractivity contribution is -0.140. The Morgan fingerprint density at radius 2 is 2.00 bits per heavy atom. The molecule has 2 rings (SSSR count). The number of rotatable bonds is 7. The first-order valence-electron chi connectivity index (χ1n) is 7.20. The number of carboxylic acids is 1. The van der Waals surface area contributed by atoms with Crippen LogP contribution in [0.2, 0.25) is 5.02 Å². The van der Waals surface area contributed by atoms with E-state index in [1.807, 2.05) is 0 Å². The summed E-state index contributed by atoms with van der Waals surface area (Å²) >= 11 is 5.85. The summed E-state index contributed by atoms with van der Waals surface area (Å²) in [5.41, 5.74) is -0.448. The van der Waals surface area contributed by atoms with Crippen LogP contribution in [0.3, 0.4) is 0 Å². The highest BCUT2D eigenvalue weighted by Gasteiger charge is 2.23. The first kappa shape index (κ1) is 18.6. The summed E-state index contributed by atoms with van der Waals surface area (Å²) in [5, 5.41) is 12.3. The number of nitrogens with zero attached hydrogens (tertiary/aromatic N) is 1. The zero-order valence-corrected chi connectivity index (χ0v) is 13.6. The van der Waals surface area contributed by atoms with Crippen LogP contribution in [0.5, 0.6) is 0 Å². The number of alkyl halides is 1. The van der Waals surface area contributed by atoms with Gasteiger partial charge in [-0.25, -0.2) is 4.39 Å². The molecule has 0 saturated carbocycles. The minimum atomic E-state index is -1.48. The smallest absolute Gasteiger partial charge is 0.305 e. The summed E-state index contributed by atoms with van der Waals surface area (Å²) in [6.45, 7) is -1.83. The molecule has 25 heavy (non-hydrogen) atoms. The van der Waals surface area contributed by atoms with E-state index < -0.39 is 48.9 Å². The van der Waals surface area contributed by atoms with Gasteiger partial charge in [0.1, 0.15) is 19.3 Å². The molecule has 1 heterocycles. The van der Waals surface area contributed by atoms with Crippen molar-refractivity contribution in [3.05, 3.63) is 45.8 Å². The van der Waals surface area contributed by atoms with Crippen molar-refractivity contribution in [1.29, 1.82) is 0 Å². The number of ketones is 1. The molecule has 9 heteroatoms. The Balaban J connectivity index is 2.19. The number of fused-ring (bicyclic) bond motifs is 1. The van der Waals surface area contributed by atoms with Gasteiger partial charge in [0, 0.05) is 16.6 Å². The number of carbonyl (C=O) groups is 3. The molecule has 0 aliphatic rings. The van der Waals surface area contributed by atoms with E-state index >= 15 is 0 Å². The van der Waals surface area contributed by atoms with Crippen molar-refractivity contribution >= 4 is 40.0 Å². The molecule has 1 unspecified atom stereocenters. The van der Waals surface area contributed by atoms with E-state index in [1.54, 1.807) is 18.2 Å². The molecule has 1 atom stereocenters. The van der Waals surface area contributed by atoms with Gasteiger partial charge in [0.25, 0.3) is 5.56 Å². The molecular weight excluding hydrogens is 355 g/mol. The van der Waals surface area contributed by atoms with Gasteiger partial charge in [-0.2, -0.15) is 0 Å². The topological polar surface area (TPSA) is 105 Å². The standard InChI is InChI=1S/C16H14ClFN2O5/c17-10-1-2-11-9(5-10)3-4-20(16(11)25)8-14(22)19-12(6-15(23)24)13(21)7-18/h1-5,12H,6-8H2,(H,19,22)(H,23,24). The zero-order valence-electron chi connectivity index (χ0n) is 12.9. The number of hydrogen-bond acceptors (Lipinski definition) is 4. The Labute approximate surface area is 146 Å². The lowest BCUT2D eigenvalue weighted by Crippen LogP contribution is -2.45. The fourth-order valence-electron chi connectivity index (χ4n) is 2.29. The molecule has 0 saturated heterocycles. The average Bonchev–Trinajstić information content (AvgIpc) is 2.55. The highest BCUT2D eigenvalue weighted by molar-refractivity contribution is 6.31. The van der Waals surface area contributed by atoms with Crippen molar-refractivity contribution in [1.82, 2.24) is 9.88 Å². The third-order valence-corrected chi connectivity index (χ3v) is 3.72. The van der Waals surface area contributed by atoms with Gasteiger partial charge < -0.3 is 15.0 Å². The molecule has 132 valence electrons. The fourth-order valence-corrected chi connectivity index (χ4v) is 2.47. The summed E-state index contributed by atoms with van der Waals surface area (Å²) in [6.07, 6.45) is 0.642. The summed E-state index contributed by atoms with van der Waals surface area (Å²) in [4.78, 5) is 46.4. The van der Waals surface area contributed by atoms with Crippen LogP contribution >= 0.6 is 11.6 Å². The maximum atomic E-state index is 12.5. The molecule has 0 spiro atoms. The second-order valence-corrected chi connectivity index (χ2v) is 5.73. The maximum absolute atomic E-state index is 12.5. The number of Topliss-reactive ketones (excluding diaryl/α,β-unsaturated/α-hetero) is 1. The van der Waals surface area contributed by atoms with Gasteiger partial charge >= 0.3 is 5.97 Å². The van der Waals surface area contributed by atoms with E-state index in [0.29, 0.717) is 15.8 Å². The highest BCUT2D eigenvalue weighted by atomic mass is 35.5. The molecule has 2 aromatic rings. The van der Waals surface area contributed by atoms with E-state index in [-0.39, 0.29) is 0 Å². The molecular formula is C16H14ClFN2O5. The van der Waals surface area contributed by atoms with Gasteiger partial charge in [-0.05, 0) is 29.7 Å². The monoisotopic (exact) mass is 368 g/mol. The lowest BCUT2D eigenvalue weighted by atomic mass is 10.1. The van der Waals surface area contributed by atoms with Crippen molar-refractivity contribution in [3.63, 3.8) is 0 Å². The maximum Gasteiger partial charge on any atom is 0.305 e. The Hall–Kier alpha value is -2.74. The largest absolute Gasteiger partial charge is 0.481 e. The molecule has 0 aliphatic heterocycles. The molecule has 0 fully saturated rings. The number of hydrogen-bond donors (Lipinski definition) is 2. The fraction of sp³-hybridized carbons (Fsp3) is 0.250. The number of carboxylic acid groups (broad SMARTS) is 1. The number of carbonyl (C=O) groups excluding carboxylic acids is 2. The van der Waals surface area contributed by atoms with Gasteiger partial charge in [0.15, 0.2) is 5.78 Å². The van der Waals surface area contributed by atoms with Gasteiger partial charge in [-0.1, -0.05) is 11.6 Å². The number of halogens is 2. The van der Waals surface area contributed by atoms with Crippen LogP contribution in [0, 0.1) is 0 Å². The Morgan fingerprint density at radius 3 is 2.64 bits per heavy atom. The quantitative estimate of drug-likeness (QED) is 0.762. The molecule has 7 nitrogen and oxygen atoms in total. The predicted octanol–water partition coefficient (Wildman–Crippen LogP) is 1.15. The number of aromatic nitrogens is 1. The van der Waals surface area contributed by atoms with E-state index in [0.717, 1.165) is 4.57 Å². The van der Waals surface area contributed by atoms with E-state index in [2.05, 4.69) is 5.32 Å². The summed E-state index contributed by atoms with van der Waals surface area (Å²) in [6, 6.07) is 4.78. The predicted molar refractivity (Wildman–Crippen MR) is 88.4 cm³/mol. The third-order valence-electron chi connectivity index (χ3n) is 3.49. The Kier molecular flexibility index (Phi) is 5.87. The molecule has 0 aliphatic carbocycles. The summed E-state index contributed by atoms with van der Waals surface area (Å²) in [5.74, 6) is -3.17. The molecule has 1 aromatic heterocycles. The Bertz CT molecular complexity index is 896. The van der Waals surface area contributed by atoms with E-state index in [4.69, 9.17) is 16.7 Å². The second kappa shape index (κ2) is 7.89. The molecule has 1 aromatic carbocycles. The number of nitrogens with one attached hydrogen (secondary N) is 1. The average molecular weight is 369 g/mol. The first-order chi connectivity index (χ1) is 11.8. The van der Waals surface area contributed by atoms with Crippen molar-refractivity contribution in [2.24, 2.45) is 0 Å². The van der Waals surface area contributed by atoms with Crippen molar-refractivity contribution in [3.8, 4) is 0 Å². The van der Waals surface area contributed by atoms with Crippen LogP contribution in [-0.2, 0) is 20.9 Å². The Morgan fingerprint density at radius 1 is 1.28 bits per heavy atom. The highest BCUT2D eigenvalue weighted by Crippen LogP contribution is 2.16. The van der Waals surface area contributed by atoms with Gasteiger partial charge in [-0.15, -0.1) is 0 Å². The zero-order chi connectivity index (χ0) is 18.6. The van der Waals surface area contributed by atoms with Crippen molar-refractivity contribution in [2.75, 3.05) is 6.67 Å². The van der Waals surface area contributed by atoms with Crippen LogP contribution in [0.1, 0.15) is 6.42 Å². The van der Waals surface area contributed by atoms with Gasteiger partial charge in [-0.3, -0.25) is 19.2 Å². The minimum absolute atomic E-state index is 0.349. The first-order valence-corrected chi connectivity index (χ1v) is 7.58. The summed E-state index contributed by atoms with van der Waals surface area (Å²) < 4.78 is 13.6. The van der Waals surface area contributed by atoms with Gasteiger partial charge in [0.05, 0.1) is 6.42 Å². The number of pyridine rings is 1. The van der Waals surface area contributed by atoms with Crippen LogP contribution in [0.25, 0.3) is 10.8 Å². The summed E-state index contributed by atoms with van der Waals surface area (Å²) in [7, 11) is 0. The molecule has 0 radical (unpaired) electrons. The minimum Gasteiger partial charge on any atom is -0.481 e. The second-order valence-electron chi connectivity index (χ2n) is 5.30. The van der Waals surface area contributed by atoms with Crippen LogP contribution in [0.4, 0.5) is 4.39 Å². The molecule has 0 bridgehead atoms. The molecule has 2 N–H and O–H groups in total. The SMILES string of the molecule is O=C(O)CC(NC(=O)Cn1ccc2cc(Cl)ccc2c1=O)C(=O)CF. The number of benzene rings is 1. The van der Waals surface area contributed by atoms with Crippen LogP contribution in [0.15, 0.2) is 35.3 Å². The van der Waals surface area contributed by atoms with Crippen molar-refractivity contribution in [2.45, 2.75) is 19.0 Å². The normalized spacial score (nSPS) is 11.9. The third kappa shape index (κ3) is 4.63. The van der Waals surface area contributed by atoms with Gasteiger partial charge in [0.2, 0.25) is 5.91 Å². The van der Waals surface area contributed by atoms with Crippen LogP contribution in [-0.4, -0.2) is 40.0 Å². The number of amides is 1. The van der Waals surface area contributed by atoms with E-state index in [1.165, 1.54) is 12.3 Å².